The van der Waals surface area contributed by atoms with Crippen molar-refractivity contribution in [1.82, 2.24) is 4.98 Å². The van der Waals surface area contributed by atoms with Gasteiger partial charge in [-0.05, 0) is 44.2 Å². The van der Waals surface area contributed by atoms with Crippen LogP contribution in [0.15, 0.2) is 12.1 Å². The van der Waals surface area contributed by atoms with E-state index < -0.39 is 0 Å². The van der Waals surface area contributed by atoms with E-state index in [4.69, 9.17) is 9.72 Å². The van der Waals surface area contributed by atoms with Crippen LogP contribution >= 0.6 is 0 Å². The molecular formula is C17H21FN2O. The molecule has 0 radical (unpaired) electrons. The number of anilines is 1. The molecule has 0 unspecified atom stereocenters. The van der Waals surface area contributed by atoms with Gasteiger partial charge in [-0.15, -0.1) is 0 Å². The van der Waals surface area contributed by atoms with Crippen LogP contribution in [0.2, 0.25) is 0 Å². The van der Waals surface area contributed by atoms with Crippen molar-refractivity contribution in [3.05, 3.63) is 29.2 Å². The van der Waals surface area contributed by atoms with Crippen molar-refractivity contribution in [3.63, 3.8) is 0 Å². The minimum absolute atomic E-state index is 0.275. The molecule has 0 amide bonds. The number of halogens is 1. The van der Waals surface area contributed by atoms with Gasteiger partial charge < -0.3 is 10.1 Å². The van der Waals surface area contributed by atoms with Gasteiger partial charge in [0.15, 0.2) is 11.6 Å². The number of benzene rings is 1. The molecule has 0 spiro atoms. The van der Waals surface area contributed by atoms with Crippen molar-refractivity contribution in [3.8, 4) is 5.75 Å². The number of nitrogens with zero attached hydrogens (tertiary/aromatic N) is 1. The zero-order valence-corrected chi connectivity index (χ0v) is 12.6. The summed E-state index contributed by atoms with van der Waals surface area (Å²) in [7, 11) is 1.49. The van der Waals surface area contributed by atoms with Crippen LogP contribution in [0.4, 0.5) is 10.1 Å². The molecule has 3 nitrogen and oxygen atoms in total. The second-order valence-corrected chi connectivity index (χ2v) is 5.51. The van der Waals surface area contributed by atoms with Crippen molar-refractivity contribution < 1.29 is 9.13 Å². The molecule has 1 aromatic heterocycles. The molecule has 0 atom stereocenters. The second-order valence-electron chi connectivity index (χ2n) is 5.51. The molecule has 0 saturated heterocycles. The smallest absolute Gasteiger partial charge is 0.167 e. The van der Waals surface area contributed by atoms with Crippen LogP contribution in [0.3, 0.4) is 0 Å². The Morgan fingerprint density at radius 2 is 2.05 bits per heavy atom. The van der Waals surface area contributed by atoms with Crippen LogP contribution in [0.1, 0.15) is 37.4 Å². The van der Waals surface area contributed by atoms with E-state index in [1.165, 1.54) is 31.6 Å². The molecular weight excluding hydrogens is 267 g/mol. The molecule has 0 saturated carbocycles. The number of aryl methyl sites for hydroxylation is 1. The van der Waals surface area contributed by atoms with Gasteiger partial charge >= 0.3 is 0 Å². The SMILES string of the molecule is CCNc1c2c(nc3cc(F)c(OC)cc13)CCCCC2. The Bertz CT molecular complexity index is 670. The zero-order valence-electron chi connectivity index (χ0n) is 12.6. The van der Waals surface area contributed by atoms with E-state index >= 15 is 0 Å². The third-order valence-electron chi connectivity index (χ3n) is 4.14. The average molecular weight is 288 g/mol. The third kappa shape index (κ3) is 2.55. The summed E-state index contributed by atoms with van der Waals surface area (Å²) in [5.41, 5.74) is 4.25. The Morgan fingerprint density at radius 3 is 2.81 bits per heavy atom. The van der Waals surface area contributed by atoms with Gasteiger partial charge in [0, 0.05) is 29.4 Å². The maximum atomic E-state index is 14.0. The van der Waals surface area contributed by atoms with Crippen molar-refractivity contribution in [2.75, 3.05) is 19.0 Å². The zero-order chi connectivity index (χ0) is 14.8. The van der Waals surface area contributed by atoms with Crippen LogP contribution in [-0.4, -0.2) is 18.6 Å². The number of aromatic nitrogens is 1. The van der Waals surface area contributed by atoms with E-state index in [1.54, 1.807) is 6.07 Å². The van der Waals surface area contributed by atoms with E-state index in [0.717, 1.165) is 42.6 Å². The standard InChI is InChI=1S/C17H21FN2O/c1-3-19-17-11-7-5-4-6-8-14(11)20-15-10-13(18)16(21-2)9-12(15)17/h9-10H,3-8H2,1-2H3,(H,19,20). The lowest BCUT2D eigenvalue weighted by Gasteiger charge is -2.17. The first-order chi connectivity index (χ1) is 10.2. The molecule has 21 heavy (non-hydrogen) atoms. The molecule has 3 rings (SSSR count). The number of rotatable bonds is 3. The highest BCUT2D eigenvalue weighted by Crippen LogP contribution is 2.35. The first kappa shape index (κ1) is 14.1. The summed E-state index contributed by atoms with van der Waals surface area (Å²) in [4.78, 5) is 4.72. The number of nitrogens with one attached hydrogen (secondary N) is 1. The molecule has 4 heteroatoms. The molecule has 0 fully saturated rings. The van der Waals surface area contributed by atoms with Gasteiger partial charge in [-0.2, -0.15) is 0 Å². The second kappa shape index (κ2) is 5.88. The molecule has 1 aliphatic rings. The Kier molecular flexibility index (Phi) is 3.95. The normalized spacial score (nSPS) is 14.6. The molecule has 1 heterocycles. The van der Waals surface area contributed by atoms with Crippen molar-refractivity contribution in [2.24, 2.45) is 0 Å². The summed E-state index contributed by atoms with van der Waals surface area (Å²) in [6.45, 7) is 2.92. The predicted octanol–water partition coefficient (Wildman–Crippen LogP) is 4.08. The minimum atomic E-state index is -0.353. The fourth-order valence-corrected chi connectivity index (χ4v) is 3.14. The third-order valence-corrected chi connectivity index (χ3v) is 4.14. The predicted molar refractivity (Wildman–Crippen MR) is 83.7 cm³/mol. The van der Waals surface area contributed by atoms with Crippen LogP contribution < -0.4 is 10.1 Å². The van der Waals surface area contributed by atoms with E-state index in [-0.39, 0.29) is 11.6 Å². The lowest BCUT2D eigenvalue weighted by molar-refractivity contribution is 0.387. The molecule has 0 aliphatic heterocycles. The Labute approximate surface area is 124 Å². The fourth-order valence-electron chi connectivity index (χ4n) is 3.14. The fraction of sp³-hybridized carbons (Fsp3) is 0.471. The van der Waals surface area contributed by atoms with Crippen molar-refractivity contribution >= 4 is 16.6 Å². The van der Waals surface area contributed by atoms with Crippen LogP contribution in [0.25, 0.3) is 10.9 Å². The summed E-state index contributed by atoms with van der Waals surface area (Å²) in [6, 6.07) is 3.25. The summed E-state index contributed by atoms with van der Waals surface area (Å²) in [6.07, 6.45) is 5.61. The molecule has 1 N–H and O–H groups in total. The quantitative estimate of drug-likeness (QED) is 0.864. The number of pyridine rings is 1. The minimum Gasteiger partial charge on any atom is -0.494 e. The first-order valence-corrected chi connectivity index (χ1v) is 7.67. The Balaban J connectivity index is 2.28. The van der Waals surface area contributed by atoms with Crippen molar-refractivity contribution in [2.45, 2.75) is 39.0 Å². The molecule has 1 aliphatic carbocycles. The van der Waals surface area contributed by atoms with Gasteiger partial charge in [-0.25, -0.2) is 4.39 Å². The van der Waals surface area contributed by atoms with Crippen LogP contribution in [-0.2, 0) is 12.8 Å². The van der Waals surface area contributed by atoms with Crippen LogP contribution in [0.5, 0.6) is 5.75 Å². The lowest BCUT2D eigenvalue weighted by Crippen LogP contribution is -2.07. The van der Waals surface area contributed by atoms with E-state index in [9.17, 15) is 4.39 Å². The summed E-state index contributed by atoms with van der Waals surface area (Å²) in [5, 5.41) is 4.41. The molecule has 112 valence electrons. The summed E-state index contributed by atoms with van der Waals surface area (Å²) in [5.74, 6) is -0.0782. The number of ether oxygens (including phenoxy) is 1. The van der Waals surface area contributed by atoms with Gasteiger partial charge in [0.2, 0.25) is 0 Å². The van der Waals surface area contributed by atoms with Crippen LogP contribution in [0, 0.1) is 5.82 Å². The van der Waals surface area contributed by atoms with E-state index in [2.05, 4.69) is 12.2 Å². The monoisotopic (exact) mass is 288 g/mol. The highest BCUT2D eigenvalue weighted by atomic mass is 19.1. The van der Waals surface area contributed by atoms with Gasteiger partial charge in [-0.3, -0.25) is 4.98 Å². The molecule has 1 aromatic carbocycles. The Morgan fingerprint density at radius 1 is 1.24 bits per heavy atom. The maximum Gasteiger partial charge on any atom is 0.167 e. The van der Waals surface area contributed by atoms with Gasteiger partial charge in [-0.1, -0.05) is 6.42 Å². The first-order valence-electron chi connectivity index (χ1n) is 7.67. The van der Waals surface area contributed by atoms with E-state index in [0.29, 0.717) is 5.52 Å². The highest BCUT2D eigenvalue weighted by Gasteiger charge is 2.18. The van der Waals surface area contributed by atoms with Gasteiger partial charge in [0.25, 0.3) is 0 Å². The van der Waals surface area contributed by atoms with Crippen molar-refractivity contribution in [1.29, 1.82) is 0 Å². The molecule has 0 bridgehead atoms. The number of hydrogen-bond donors (Lipinski definition) is 1. The summed E-state index contributed by atoms with van der Waals surface area (Å²) >= 11 is 0. The number of methoxy groups -OCH3 is 1. The lowest BCUT2D eigenvalue weighted by atomic mass is 10.0. The van der Waals surface area contributed by atoms with E-state index in [1.807, 2.05) is 0 Å². The largest absolute Gasteiger partial charge is 0.494 e. The summed E-state index contributed by atoms with van der Waals surface area (Å²) < 4.78 is 19.1. The number of hydrogen-bond acceptors (Lipinski definition) is 3. The average Bonchev–Trinajstić information content (AvgIpc) is 2.72. The van der Waals surface area contributed by atoms with Gasteiger partial charge in [0.1, 0.15) is 0 Å². The highest BCUT2D eigenvalue weighted by molar-refractivity contribution is 5.94. The Hall–Kier alpha value is -1.84. The molecule has 2 aromatic rings. The topological polar surface area (TPSA) is 34.2 Å². The van der Waals surface area contributed by atoms with Gasteiger partial charge in [0.05, 0.1) is 12.6 Å². The number of fused-ring (bicyclic) bond motifs is 2. The maximum absolute atomic E-state index is 14.0.